The Hall–Kier alpha value is -7.56. The molecule has 59 heavy (non-hydrogen) atoms. The van der Waals surface area contributed by atoms with Gasteiger partial charge in [-0.05, 0) is 85.6 Å². The first-order valence-electron chi connectivity index (χ1n) is 20.1. The van der Waals surface area contributed by atoms with Crippen LogP contribution in [0.1, 0.15) is 25.0 Å². The predicted octanol–water partition coefficient (Wildman–Crippen LogP) is 13.9. The van der Waals surface area contributed by atoms with Gasteiger partial charge in [0.25, 0.3) is 0 Å². The third-order valence-electron chi connectivity index (χ3n) is 11.9. The summed E-state index contributed by atoms with van der Waals surface area (Å²) in [4.78, 5) is 20.9. The maximum atomic E-state index is 5.54. The van der Waals surface area contributed by atoms with Crippen molar-refractivity contribution in [2.45, 2.75) is 19.3 Å². The SMILES string of the molecule is CC1(C)c2ccccc2-c2cc3c(-c4cc(-c5nc(-c6ccccc6)nc(-c6ccccc6)n5)cc5ccccc45)cc(-c4ccccc4-c4ccccc4)nc3cc21. The summed E-state index contributed by atoms with van der Waals surface area (Å²) in [6.45, 7) is 4.66. The van der Waals surface area contributed by atoms with E-state index in [-0.39, 0.29) is 5.41 Å². The Morgan fingerprint density at radius 2 is 0.847 bits per heavy atom. The zero-order valence-electron chi connectivity index (χ0n) is 32.8. The molecular weight excluding hydrogens is 717 g/mol. The zero-order chi connectivity index (χ0) is 39.5. The maximum Gasteiger partial charge on any atom is 0.164 e. The third kappa shape index (κ3) is 5.92. The van der Waals surface area contributed by atoms with Gasteiger partial charge < -0.3 is 0 Å². The topological polar surface area (TPSA) is 51.6 Å². The van der Waals surface area contributed by atoms with E-state index in [1.807, 2.05) is 36.4 Å². The highest BCUT2D eigenvalue weighted by atomic mass is 15.0. The molecule has 0 unspecified atom stereocenters. The molecule has 0 fully saturated rings. The van der Waals surface area contributed by atoms with Crippen LogP contribution in [0.4, 0.5) is 0 Å². The van der Waals surface area contributed by atoms with Gasteiger partial charge in [-0.1, -0.05) is 178 Å². The number of fused-ring (bicyclic) bond motifs is 5. The van der Waals surface area contributed by atoms with Crippen LogP contribution in [0.5, 0.6) is 0 Å². The molecule has 0 aliphatic heterocycles. The Kier molecular flexibility index (Phi) is 8.12. The second kappa shape index (κ2) is 13.8. The summed E-state index contributed by atoms with van der Waals surface area (Å²) in [6, 6.07) is 68.5. The van der Waals surface area contributed by atoms with Crippen LogP contribution in [-0.4, -0.2) is 19.9 Å². The van der Waals surface area contributed by atoms with Gasteiger partial charge in [0.15, 0.2) is 17.5 Å². The van der Waals surface area contributed by atoms with E-state index in [0.29, 0.717) is 17.5 Å². The molecule has 2 aromatic heterocycles. The fourth-order valence-corrected chi connectivity index (χ4v) is 8.96. The molecule has 0 radical (unpaired) electrons. The van der Waals surface area contributed by atoms with E-state index in [1.165, 1.54) is 22.3 Å². The molecule has 2 heterocycles. The van der Waals surface area contributed by atoms with Gasteiger partial charge in [0, 0.05) is 33.1 Å². The Balaban J connectivity index is 1.21. The van der Waals surface area contributed by atoms with Crippen molar-refractivity contribution in [1.82, 2.24) is 19.9 Å². The molecule has 4 nitrogen and oxygen atoms in total. The van der Waals surface area contributed by atoms with Crippen LogP contribution >= 0.6 is 0 Å². The van der Waals surface area contributed by atoms with Crippen molar-refractivity contribution < 1.29 is 0 Å². The van der Waals surface area contributed by atoms with Crippen molar-refractivity contribution in [2.75, 3.05) is 0 Å². The lowest BCUT2D eigenvalue weighted by atomic mass is 9.82. The minimum Gasteiger partial charge on any atom is -0.248 e. The average molecular weight is 755 g/mol. The van der Waals surface area contributed by atoms with Crippen LogP contribution in [0.3, 0.4) is 0 Å². The summed E-state index contributed by atoms with van der Waals surface area (Å²) < 4.78 is 0. The number of hydrogen-bond donors (Lipinski definition) is 0. The molecule has 4 heteroatoms. The summed E-state index contributed by atoms with van der Waals surface area (Å²) in [6.07, 6.45) is 0. The molecular formula is C55H38N4. The smallest absolute Gasteiger partial charge is 0.164 e. The normalized spacial score (nSPS) is 12.7. The van der Waals surface area contributed by atoms with E-state index in [9.17, 15) is 0 Å². The van der Waals surface area contributed by atoms with Gasteiger partial charge in [0.1, 0.15) is 0 Å². The summed E-state index contributed by atoms with van der Waals surface area (Å²) in [5.41, 5.74) is 15.3. The van der Waals surface area contributed by atoms with Gasteiger partial charge in [0.05, 0.1) is 11.2 Å². The number of rotatable bonds is 6. The minimum atomic E-state index is -0.169. The quantitative estimate of drug-likeness (QED) is 0.170. The van der Waals surface area contributed by atoms with Gasteiger partial charge in [-0.25, -0.2) is 19.9 Å². The van der Waals surface area contributed by atoms with E-state index in [0.717, 1.165) is 71.9 Å². The van der Waals surface area contributed by atoms with E-state index in [1.54, 1.807) is 0 Å². The molecule has 0 N–H and O–H groups in total. The highest BCUT2D eigenvalue weighted by Gasteiger charge is 2.36. The standard InChI is InChI=1S/C55H38N4/c1-55(2)48-29-17-16-27-42(48)46-32-47-45(33-50(56-51(47)34-49(46)55)43-28-15-14-25-40(43)35-18-6-3-7-19-35)44-31-39(30-38-24-12-13-26-41(38)44)54-58-52(36-20-8-4-9-21-36)57-53(59-54)37-22-10-5-11-23-37/h3-34H,1-2H3. The number of benzene rings is 8. The van der Waals surface area contributed by atoms with E-state index >= 15 is 0 Å². The van der Waals surface area contributed by atoms with E-state index < -0.39 is 0 Å². The summed E-state index contributed by atoms with van der Waals surface area (Å²) >= 11 is 0. The van der Waals surface area contributed by atoms with Crippen molar-refractivity contribution in [3.05, 3.63) is 205 Å². The van der Waals surface area contributed by atoms with Gasteiger partial charge >= 0.3 is 0 Å². The molecule has 0 saturated carbocycles. The lowest BCUT2D eigenvalue weighted by Gasteiger charge is -2.22. The molecule has 1 aliphatic carbocycles. The minimum absolute atomic E-state index is 0.169. The van der Waals surface area contributed by atoms with Gasteiger partial charge in [-0.15, -0.1) is 0 Å². The Morgan fingerprint density at radius 3 is 1.53 bits per heavy atom. The number of hydrogen-bond acceptors (Lipinski definition) is 4. The molecule has 0 spiro atoms. The Morgan fingerprint density at radius 1 is 0.322 bits per heavy atom. The molecule has 0 atom stereocenters. The lowest BCUT2D eigenvalue weighted by Crippen LogP contribution is -2.14. The molecule has 278 valence electrons. The van der Waals surface area contributed by atoms with Crippen LogP contribution in [0.25, 0.3) is 100 Å². The monoisotopic (exact) mass is 754 g/mol. The summed E-state index contributed by atoms with van der Waals surface area (Å²) in [7, 11) is 0. The fourth-order valence-electron chi connectivity index (χ4n) is 8.96. The summed E-state index contributed by atoms with van der Waals surface area (Å²) in [5.74, 6) is 1.89. The lowest BCUT2D eigenvalue weighted by molar-refractivity contribution is 0.661. The predicted molar refractivity (Wildman–Crippen MR) is 243 cm³/mol. The molecule has 10 aromatic rings. The van der Waals surface area contributed by atoms with Crippen LogP contribution in [-0.2, 0) is 5.41 Å². The fraction of sp³-hybridized carbons (Fsp3) is 0.0545. The first-order valence-corrected chi connectivity index (χ1v) is 20.1. The number of aromatic nitrogens is 4. The number of pyridine rings is 1. The molecule has 0 bridgehead atoms. The highest BCUT2D eigenvalue weighted by molar-refractivity contribution is 6.09. The van der Waals surface area contributed by atoms with Crippen molar-refractivity contribution in [2.24, 2.45) is 0 Å². The molecule has 1 aliphatic rings. The maximum absolute atomic E-state index is 5.54. The van der Waals surface area contributed by atoms with Gasteiger partial charge in [-0.3, -0.25) is 0 Å². The van der Waals surface area contributed by atoms with Crippen LogP contribution in [0, 0.1) is 0 Å². The highest BCUT2D eigenvalue weighted by Crippen LogP contribution is 2.51. The first kappa shape index (κ1) is 34.7. The molecule has 0 amide bonds. The average Bonchev–Trinajstić information content (AvgIpc) is 3.53. The second-order valence-corrected chi connectivity index (χ2v) is 15.8. The van der Waals surface area contributed by atoms with Crippen molar-refractivity contribution in [3.63, 3.8) is 0 Å². The van der Waals surface area contributed by atoms with E-state index in [4.69, 9.17) is 19.9 Å². The number of nitrogens with zero attached hydrogens (tertiary/aromatic N) is 4. The first-order chi connectivity index (χ1) is 29.0. The Bertz CT molecular complexity index is 3170. The van der Waals surface area contributed by atoms with Crippen molar-refractivity contribution in [1.29, 1.82) is 0 Å². The molecule has 8 aromatic carbocycles. The van der Waals surface area contributed by atoms with Gasteiger partial charge in [-0.2, -0.15) is 0 Å². The second-order valence-electron chi connectivity index (χ2n) is 15.8. The van der Waals surface area contributed by atoms with Gasteiger partial charge in [0.2, 0.25) is 0 Å². The van der Waals surface area contributed by atoms with Crippen molar-refractivity contribution in [3.8, 4) is 78.8 Å². The van der Waals surface area contributed by atoms with Crippen molar-refractivity contribution >= 4 is 21.7 Å². The van der Waals surface area contributed by atoms with E-state index in [2.05, 4.69) is 172 Å². The molecule has 11 rings (SSSR count). The van der Waals surface area contributed by atoms with Crippen LogP contribution in [0.15, 0.2) is 194 Å². The van der Waals surface area contributed by atoms with Crippen LogP contribution < -0.4 is 0 Å². The van der Waals surface area contributed by atoms with Crippen LogP contribution in [0.2, 0.25) is 0 Å². The largest absolute Gasteiger partial charge is 0.248 e. The Labute approximate surface area is 343 Å². The molecule has 0 saturated heterocycles. The zero-order valence-corrected chi connectivity index (χ0v) is 32.8. The third-order valence-corrected chi connectivity index (χ3v) is 11.9. The summed E-state index contributed by atoms with van der Waals surface area (Å²) in [5, 5.41) is 3.35.